The van der Waals surface area contributed by atoms with E-state index in [1.165, 1.54) is 0 Å². The Kier molecular flexibility index (Phi) is 13.6. The van der Waals surface area contributed by atoms with E-state index in [4.69, 9.17) is 9.47 Å². The van der Waals surface area contributed by atoms with Crippen molar-refractivity contribution >= 4 is 29.9 Å². The topological polar surface area (TPSA) is 54.9 Å². The summed E-state index contributed by atoms with van der Waals surface area (Å²) in [6.45, 7) is 11.3. The van der Waals surface area contributed by atoms with Crippen molar-refractivity contribution in [2.45, 2.75) is 46.8 Å². The maximum Gasteiger partial charge on any atom is 0.191 e. The van der Waals surface area contributed by atoms with Crippen LogP contribution in [-0.4, -0.2) is 38.9 Å². The average Bonchev–Trinajstić information content (AvgIpc) is 2.58. The molecule has 1 aromatic rings. The van der Waals surface area contributed by atoms with Crippen LogP contribution in [0, 0.1) is 5.92 Å². The number of hydrogen-bond donors (Lipinski definition) is 2. The van der Waals surface area contributed by atoms with Crippen LogP contribution in [0.3, 0.4) is 0 Å². The smallest absolute Gasteiger partial charge is 0.191 e. The molecular formula is C19H34IN3O2. The lowest BCUT2D eigenvalue weighted by molar-refractivity contribution is 0.0258. The van der Waals surface area contributed by atoms with E-state index in [0.717, 1.165) is 36.8 Å². The fourth-order valence-electron chi connectivity index (χ4n) is 2.50. The molecule has 0 amide bonds. The first-order valence-electron chi connectivity index (χ1n) is 8.89. The predicted molar refractivity (Wildman–Crippen MR) is 116 cm³/mol. The Bertz CT molecular complexity index is 495. The second-order valence-corrected chi connectivity index (χ2v) is 5.92. The molecular weight excluding hydrogens is 429 g/mol. The highest BCUT2D eigenvalue weighted by Gasteiger charge is 2.13. The first-order valence-corrected chi connectivity index (χ1v) is 8.89. The molecule has 1 rings (SSSR count). The molecule has 0 aliphatic heterocycles. The van der Waals surface area contributed by atoms with Crippen molar-refractivity contribution in [1.29, 1.82) is 0 Å². The van der Waals surface area contributed by atoms with Crippen molar-refractivity contribution in [2.24, 2.45) is 10.9 Å². The number of ether oxygens (including phenoxy) is 2. The van der Waals surface area contributed by atoms with Gasteiger partial charge in [0.05, 0.1) is 12.7 Å². The summed E-state index contributed by atoms with van der Waals surface area (Å²) >= 11 is 0. The molecule has 0 saturated heterocycles. The van der Waals surface area contributed by atoms with Gasteiger partial charge in [0.1, 0.15) is 5.75 Å². The molecule has 0 aliphatic rings. The van der Waals surface area contributed by atoms with Gasteiger partial charge in [-0.15, -0.1) is 24.0 Å². The van der Waals surface area contributed by atoms with E-state index in [0.29, 0.717) is 19.1 Å². The van der Waals surface area contributed by atoms with Crippen LogP contribution < -0.4 is 15.4 Å². The lowest BCUT2D eigenvalue weighted by atomic mass is 10.0. The van der Waals surface area contributed by atoms with Crippen LogP contribution in [0.1, 0.15) is 39.7 Å². The number of para-hydroxylation sites is 1. The highest BCUT2D eigenvalue weighted by atomic mass is 127. The third-order valence-corrected chi connectivity index (χ3v) is 3.79. The number of nitrogens with one attached hydrogen (secondary N) is 2. The number of guanidine groups is 1. The minimum atomic E-state index is 0. The first kappa shape index (κ1) is 24.0. The predicted octanol–water partition coefficient (Wildman–Crippen LogP) is 3.82. The highest BCUT2D eigenvalue weighted by Crippen LogP contribution is 2.17. The van der Waals surface area contributed by atoms with E-state index in [2.05, 4.69) is 35.5 Å². The standard InChI is InChI=1S/C19H33N3O2.HI/c1-6-23-17(15(3)4)12-13-21-19(20-5)22-14-16-10-8-9-11-18(16)24-7-2;/h8-11,15,17H,6-7,12-14H2,1-5H3,(H2,20,21,22);1H. The van der Waals surface area contributed by atoms with Crippen LogP contribution in [0.5, 0.6) is 5.75 Å². The van der Waals surface area contributed by atoms with Gasteiger partial charge in [0.15, 0.2) is 5.96 Å². The van der Waals surface area contributed by atoms with Crippen LogP contribution in [-0.2, 0) is 11.3 Å². The molecule has 0 radical (unpaired) electrons. The van der Waals surface area contributed by atoms with E-state index in [1.807, 2.05) is 32.0 Å². The fourth-order valence-corrected chi connectivity index (χ4v) is 2.50. The van der Waals surface area contributed by atoms with E-state index in [-0.39, 0.29) is 30.1 Å². The van der Waals surface area contributed by atoms with Gasteiger partial charge in [-0.25, -0.2) is 0 Å². The molecule has 1 atom stereocenters. The van der Waals surface area contributed by atoms with Crippen molar-refractivity contribution < 1.29 is 9.47 Å². The van der Waals surface area contributed by atoms with Gasteiger partial charge in [-0.05, 0) is 32.3 Å². The Hall–Kier alpha value is -1.02. The van der Waals surface area contributed by atoms with Gasteiger partial charge in [-0.3, -0.25) is 4.99 Å². The molecule has 0 aliphatic carbocycles. The molecule has 0 aromatic heterocycles. The largest absolute Gasteiger partial charge is 0.494 e. The molecule has 0 bridgehead atoms. The minimum absolute atomic E-state index is 0. The van der Waals surface area contributed by atoms with Crippen molar-refractivity contribution in [3.05, 3.63) is 29.8 Å². The number of aliphatic imine (C=N–C) groups is 1. The van der Waals surface area contributed by atoms with Crippen LogP contribution in [0.25, 0.3) is 0 Å². The molecule has 0 fully saturated rings. The van der Waals surface area contributed by atoms with Gasteiger partial charge in [0, 0.05) is 32.3 Å². The highest BCUT2D eigenvalue weighted by molar-refractivity contribution is 14.0. The molecule has 6 heteroatoms. The Balaban J connectivity index is 0.00000576. The number of rotatable bonds is 10. The van der Waals surface area contributed by atoms with E-state index >= 15 is 0 Å². The lowest BCUT2D eigenvalue weighted by Crippen LogP contribution is -2.39. The van der Waals surface area contributed by atoms with Gasteiger partial charge in [-0.1, -0.05) is 32.0 Å². The van der Waals surface area contributed by atoms with E-state index < -0.39 is 0 Å². The number of hydrogen-bond acceptors (Lipinski definition) is 3. The van der Waals surface area contributed by atoms with Crippen LogP contribution in [0.15, 0.2) is 29.3 Å². The van der Waals surface area contributed by atoms with Gasteiger partial charge >= 0.3 is 0 Å². The number of benzene rings is 1. The molecule has 144 valence electrons. The summed E-state index contributed by atoms with van der Waals surface area (Å²) in [4.78, 5) is 4.28. The maximum atomic E-state index is 5.77. The molecule has 1 unspecified atom stereocenters. The summed E-state index contributed by atoms with van der Waals surface area (Å²) < 4.78 is 11.4. The van der Waals surface area contributed by atoms with Gasteiger partial charge in [0.2, 0.25) is 0 Å². The molecule has 0 heterocycles. The zero-order valence-electron chi connectivity index (χ0n) is 16.2. The first-order chi connectivity index (χ1) is 11.6. The molecule has 0 saturated carbocycles. The Morgan fingerprint density at radius 3 is 2.44 bits per heavy atom. The van der Waals surface area contributed by atoms with Gasteiger partial charge in [0.25, 0.3) is 0 Å². The number of halogens is 1. The summed E-state index contributed by atoms with van der Waals surface area (Å²) in [5.41, 5.74) is 1.12. The molecule has 1 aromatic carbocycles. The summed E-state index contributed by atoms with van der Waals surface area (Å²) in [5, 5.41) is 6.69. The minimum Gasteiger partial charge on any atom is -0.494 e. The summed E-state index contributed by atoms with van der Waals surface area (Å²) in [7, 11) is 1.78. The normalized spacial score (nSPS) is 12.5. The van der Waals surface area contributed by atoms with Gasteiger partial charge < -0.3 is 20.1 Å². The Morgan fingerprint density at radius 1 is 1.12 bits per heavy atom. The van der Waals surface area contributed by atoms with E-state index in [9.17, 15) is 0 Å². The van der Waals surface area contributed by atoms with Crippen molar-refractivity contribution in [3.63, 3.8) is 0 Å². The average molecular weight is 463 g/mol. The molecule has 2 N–H and O–H groups in total. The summed E-state index contributed by atoms with van der Waals surface area (Å²) in [6, 6.07) is 8.06. The monoisotopic (exact) mass is 463 g/mol. The third-order valence-electron chi connectivity index (χ3n) is 3.79. The fraction of sp³-hybridized carbons (Fsp3) is 0.632. The third kappa shape index (κ3) is 9.30. The summed E-state index contributed by atoms with van der Waals surface area (Å²) in [5.74, 6) is 2.22. The SMILES string of the molecule is CCOc1ccccc1CNC(=NC)NCCC(OCC)C(C)C.I. The quantitative estimate of drug-likeness (QED) is 0.315. The molecule has 0 spiro atoms. The van der Waals surface area contributed by atoms with Crippen molar-refractivity contribution in [1.82, 2.24) is 10.6 Å². The van der Waals surface area contributed by atoms with Gasteiger partial charge in [-0.2, -0.15) is 0 Å². The van der Waals surface area contributed by atoms with Crippen molar-refractivity contribution in [3.8, 4) is 5.75 Å². The summed E-state index contributed by atoms with van der Waals surface area (Å²) in [6.07, 6.45) is 1.24. The lowest BCUT2D eigenvalue weighted by Gasteiger charge is -2.21. The van der Waals surface area contributed by atoms with Crippen LogP contribution in [0.4, 0.5) is 0 Å². The molecule has 25 heavy (non-hydrogen) atoms. The second kappa shape index (κ2) is 14.2. The molecule has 5 nitrogen and oxygen atoms in total. The second-order valence-electron chi connectivity index (χ2n) is 5.92. The maximum absolute atomic E-state index is 5.77. The Morgan fingerprint density at radius 2 is 1.84 bits per heavy atom. The van der Waals surface area contributed by atoms with Crippen LogP contribution in [0.2, 0.25) is 0 Å². The Labute approximate surface area is 170 Å². The van der Waals surface area contributed by atoms with E-state index in [1.54, 1.807) is 7.05 Å². The number of nitrogens with zero attached hydrogens (tertiary/aromatic N) is 1. The van der Waals surface area contributed by atoms with Crippen molar-refractivity contribution in [2.75, 3.05) is 26.8 Å². The van der Waals surface area contributed by atoms with Crippen LogP contribution >= 0.6 is 24.0 Å². The zero-order chi connectivity index (χ0) is 17.8. The zero-order valence-corrected chi connectivity index (χ0v) is 18.5.